The zero-order chi connectivity index (χ0) is 13.0. The molecule has 0 spiro atoms. The summed E-state index contributed by atoms with van der Waals surface area (Å²) in [5.41, 5.74) is -0.562. The number of hydrogen-bond acceptors (Lipinski definition) is 4. The second kappa shape index (κ2) is 5.07. The van der Waals surface area contributed by atoms with Crippen LogP contribution in [0.25, 0.3) is 0 Å². The van der Waals surface area contributed by atoms with Gasteiger partial charge in [-0.3, -0.25) is 4.79 Å². The first-order valence-electron chi connectivity index (χ1n) is 4.68. The maximum Gasteiger partial charge on any atom is 0.343 e. The molecule has 17 heavy (non-hydrogen) atoms. The number of carbonyl (C=O) groups excluding carboxylic acids is 2. The summed E-state index contributed by atoms with van der Waals surface area (Å²) in [5.74, 6) is -2.65. The third-order valence-electron chi connectivity index (χ3n) is 2.07. The van der Waals surface area contributed by atoms with Gasteiger partial charge in [-0.1, -0.05) is 18.7 Å². The number of Topliss-reactive ketones (excluding diaryl/α,β-unsaturated/α-hetero) is 1. The lowest BCUT2D eigenvalue weighted by Gasteiger charge is -2.07. The van der Waals surface area contributed by atoms with Crippen LogP contribution >= 0.6 is 0 Å². The number of hydrogen-bond donors (Lipinski definition) is 1. The summed E-state index contributed by atoms with van der Waals surface area (Å²) in [6.07, 6.45) is 0.897. The third-order valence-corrected chi connectivity index (χ3v) is 2.07. The van der Waals surface area contributed by atoms with Crippen LogP contribution in [0.3, 0.4) is 0 Å². The van der Waals surface area contributed by atoms with Gasteiger partial charge in [0.1, 0.15) is 0 Å². The van der Waals surface area contributed by atoms with E-state index in [0.717, 1.165) is 6.26 Å². The zero-order valence-corrected chi connectivity index (χ0v) is 9.10. The third kappa shape index (κ3) is 2.57. The number of carbonyl (C=O) groups is 3. The summed E-state index contributed by atoms with van der Waals surface area (Å²) >= 11 is 0. The van der Waals surface area contributed by atoms with E-state index in [0.29, 0.717) is 0 Å². The molecule has 0 heterocycles. The first-order valence-corrected chi connectivity index (χ1v) is 4.68. The molecular formula is C12H10O5. The van der Waals surface area contributed by atoms with E-state index in [2.05, 4.69) is 11.3 Å². The maximum atomic E-state index is 11.5. The molecule has 0 atom stereocenters. The molecule has 0 aromatic heterocycles. The standard InChI is InChI=1S/C12H10O5/c1-3-17-12(16)9-6-4-5-8(7(2)13)10(9)11(14)15/h3-6H,1H2,2H3,(H,14,15). The van der Waals surface area contributed by atoms with Gasteiger partial charge in [-0.2, -0.15) is 0 Å². The van der Waals surface area contributed by atoms with E-state index in [1.165, 1.54) is 25.1 Å². The Labute approximate surface area is 97.3 Å². The predicted octanol–water partition coefficient (Wildman–Crippen LogP) is 1.89. The Balaban J connectivity index is 3.45. The Hall–Kier alpha value is -2.43. The molecule has 0 aliphatic carbocycles. The van der Waals surface area contributed by atoms with E-state index in [1.807, 2.05) is 0 Å². The molecule has 88 valence electrons. The van der Waals surface area contributed by atoms with Crippen LogP contribution in [0.2, 0.25) is 0 Å². The van der Waals surface area contributed by atoms with Crippen LogP contribution in [0.15, 0.2) is 31.0 Å². The van der Waals surface area contributed by atoms with E-state index in [4.69, 9.17) is 5.11 Å². The second-order valence-electron chi connectivity index (χ2n) is 3.16. The lowest BCUT2D eigenvalue weighted by atomic mass is 9.98. The minimum absolute atomic E-state index is 0.0315. The highest BCUT2D eigenvalue weighted by molar-refractivity contribution is 6.11. The molecule has 1 aromatic rings. The maximum absolute atomic E-state index is 11.5. The Kier molecular flexibility index (Phi) is 3.77. The van der Waals surface area contributed by atoms with Gasteiger partial charge in [-0.25, -0.2) is 9.59 Å². The van der Waals surface area contributed by atoms with Gasteiger partial charge in [-0.15, -0.1) is 0 Å². The molecule has 5 nitrogen and oxygen atoms in total. The lowest BCUT2D eigenvalue weighted by Crippen LogP contribution is -2.14. The van der Waals surface area contributed by atoms with Gasteiger partial charge < -0.3 is 9.84 Å². The van der Waals surface area contributed by atoms with Crippen molar-refractivity contribution in [2.75, 3.05) is 0 Å². The van der Waals surface area contributed by atoms with Crippen molar-refractivity contribution in [3.8, 4) is 0 Å². The van der Waals surface area contributed by atoms with Gasteiger partial charge in [0.05, 0.1) is 17.4 Å². The van der Waals surface area contributed by atoms with Crippen LogP contribution in [-0.4, -0.2) is 22.8 Å². The minimum Gasteiger partial charge on any atom is -0.478 e. The van der Waals surface area contributed by atoms with Crippen molar-refractivity contribution in [2.45, 2.75) is 6.92 Å². The Morgan fingerprint density at radius 1 is 1.29 bits per heavy atom. The topological polar surface area (TPSA) is 80.7 Å². The highest BCUT2D eigenvalue weighted by Gasteiger charge is 2.22. The molecule has 1 rings (SSSR count). The molecule has 0 saturated carbocycles. The van der Waals surface area contributed by atoms with Gasteiger partial charge >= 0.3 is 11.9 Å². The summed E-state index contributed by atoms with van der Waals surface area (Å²) < 4.78 is 4.50. The number of aromatic carboxylic acids is 1. The molecule has 1 aromatic carbocycles. The quantitative estimate of drug-likeness (QED) is 0.488. The molecule has 1 N–H and O–H groups in total. The Bertz CT molecular complexity index is 502. The number of rotatable bonds is 4. The van der Waals surface area contributed by atoms with Crippen LogP contribution in [0.1, 0.15) is 38.0 Å². The number of ketones is 1. The summed E-state index contributed by atoms with van der Waals surface area (Å²) in [6.45, 7) is 4.43. The number of carboxylic acids is 1. The van der Waals surface area contributed by atoms with E-state index < -0.39 is 17.7 Å². The van der Waals surface area contributed by atoms with Crippen LogP contribution in [0, 0.1) is 0 Å². The second-order valence-corrected chi connectivity index (χ2v) is 3.16. The van der Waals surface area contributed by atoms with Crippen molar-refractivity contribution in [3.63, 3.8) is 0 Å². The van der Waals surface area contributed by atoms with Gasteiger partial charge in [0.15, 0.2) is 5.78 Å². The fraction of sp³-hybridized carbons (Fsp3) is 0.0833. The largest absolute Gasteiger partial charge is 0.478 e. The lowest BCUT2D eigenvalue weighted by molar-refractivity contribution is 0.0631. The van der Waals surface area contributed by atoms with Gasteiger partial charge in [0.2, 0.25) is 0 Å². The highest BCUT2D eigenvalue weighted by atomic mass is 16.5. The number of esters is 1. The first-order chi connectivity index (χ1) is 7.99. The van der Waals surface area contributed by atoms with Gasteiger partial charge in [-0.05, 0) is 13.0 Å². The van der Waals surface area contributed by atoms with Crippen LogP contribution in [0.4, 0.5) is 0 Å². The molecule has 0 fully saturated rings. The first kappa shape index (κ1) is 12.6. The Morgan fingerprint density at radius 3 is 2.35 bits per heavy atom. The summed E-state index contributed by atoms with van der Waals surface area (Å²) in [4.78, 5) is 33.8. The zero-order valence-electron chi connectivity index (χ0n) is 9.10. The van der Waals surface area contributed by atoms with Crippen molar-refractivity contribution < 1.29 is 24.2 Å². The van der Waals surface area contributed by atoms with E-state index in [1.54, 1.807) is 0 Å². The monoisotopic (exact) mass is 234 g/mol. The van der Waals surface area contributed by atoms with Crippen molar-refractivity contribution >= 4 is 17.7 Å². The van der Waals surface area contributed by atoms with Crippen molar-refractivity contribution in [2.24, 2.45) is 0 Å². The molecule has 0 aliphatic heterocycles. The number of ether oxygens (including phenoxy) is 1. The number of benzene rings is 1. The molecule has 0 amide bonds. The predicted molar refractivity (Wildman–Crippen MR) is 59.0 cm³/mol. The van der Waals surface area contributed by atoms with Crippen LogP contribution < -0.4 is 0 Å². The number of carboxylic acid groups (broad SMARTS) is 1. The fourth-order valence-electron chi connectivity index (χ4n) is 1.39. The minimum atomic E-state index is -1.35. The SMILES string of the molecule is C=COC(=O)c1cccc(C(C)=O)c1C(=O)O. The molecule has 0 bridgehead atoms. The summed E-state index contributed by atoms with van der Waals surface area (Å²) in [6, 6.07) is 4.04. The van der Waals surface area contributed by atoms with Crippen LogP contribution in [0.5, 0.6) is 0 Å². The van der Waals surface area contributed by atoms with Gasteiger partial charge in [0.25, 0.3) is 0 Å². The van der Waals surface area contributed by atoms with Crippen molar-refractivity contribution in [3.05, 3.63) is 47.7 Å². The summed E-state index contributed by atoms with van der Waals surface area (Å²) in [5, 5.41) is 9.03. The summed E-state index contributed by atoms with van der Waals surface area (Å²) in [7, 11) is 0. The average Bonchev–Trinajstić information content (AvgIpc) is 2.28. The van der Waals surface area contributed by atoms with Crippen molar-refractivity contribution in [1.82, 2.24) is 0 Å². The van der Waals surface area contributed by atoms with E-state index in [-0.39, 0.29) is 16.7 Å². The van der Waals surface area contributed by atoms with E-state index >= 15 is 0 Å². The fourth-order valence-corrected chi connectivity index (χ4v) is 1.39. The van der Waals surface area contributed by atoms with E-state index in [9.17, 15) is 14.4 Å². The molecular weight excluding hydrogens is 224 g/mol. The molecule has 0 unspecified atom stereocenters. The highest BCUT2D eigenvalue weighted by Crippen LogP contribution is 2.17. The molecule has 0 saturated heterocycles. The molecule has 5 heteroatoms. The smallest absolute Gasteiger partial charge is 0.343 e. The van der Waals surface area contributed by atoms with Gasteiger partial charge in [0, 0.05) is 5.56 Å². The van der Waals surface area contributed by atoms with Crippen LogP contribution in [-0.2, 0) is 4.74 Å². The average molecular weight is 234 g/mol. The Morgan fingerprint density at radius 2 is 1.88 bits per heavy atom. The molecule has 0 radical (unpaired) electrons. The normalized spacial score (nSPS) is 9.47. The molecule has 0 aliphatic rings. The van der Waals surface area contributed by atoms with Crippen molar-refractivity contribution in [1.29, 1.82) is 0 Å².